The fourth-order valence-corrected chi connectivity index (χ4v) is 3.68. The monoisotopic (exact) mass is 381 g/mol. The summed E-state index contributed by atoms with van der Waals surface area (Å²) in [6, 6.07) is 4.56. The number of nitrogens with zero attached hydrogens (tertiary/aromatic N) is 2. The van der Waals surface area contributed by atoms with Gasteiger partial charge in [-0.15, -0.1) is 0 Å². The maximum Gasteiger partial charge on any atom is 0.123 e. The van der Waals surface area contributed by atoms with E-state index in [0.29, 0.717) is 12.6 Å². The van der Waals surface area contributed by atoms with Crippen LogP contribution in [0.15, 0.2) is 22.9 Å². The van der Waals surface area contributed by atoms with Gasteiger partial charge in [-0.3, -0.25) is 0 Å². The summed E-state index contributed by atoms with van der Waals surface area (Å²) in [4.78, 5) is 4.38. The number of halogens is 1. The Hall–Kier alpha value is -1.11. The molecule has 1 heterocycles. The predicted molar refractivity (Wildman–Crippen MR) is 94.8 cm³/mol. The van der Waals surface area contributed by atoms with E-state index in [1.54, 1.807) is 0 Å². The Balaban J connectivity index is 1.59. The number of aliphatic hydroxyl groups excluding tert-OH is 1. The first kappa shape index (κ1) is 16.7. The Labute approximate surface area is 145 Å². The van der Waals surface area contributed by atoms with Crippen molar-refractivity contribution in [3.05, 3.63) is 22.9 Å². The molecule has 126 valence electrons. The molecule has 1 saturated carbocycles. The van der Waals surface area contributed by atoms with Crippen LogP contribution in [0.3, 0.4) is 0 Å². The number of nitrogens with one attached hydrogen (secondary N) is 1. The average Bonchev–Trinajstić information content (AvgIpc) is 2.89. The molecule has 3 rings (SSSR count). The normalized spacial score (nSPS) is 23.1. The fourth-order valence-electron chi connectivity index (χ4n) is 3.15. The molecule has 1 aliphatic rings. The summed E-state index contributed by atoms with van der Waals surface area (Å²) in [5, 5.41) is 12.8. The summed E-state index contributed by atoms with van der Waals surface area (Å²) in [5.74, 6) is 0.897. The Morgan fingerprint density at radius 2 is 2.13 bits per heavy atom. The Morgan fingerprint density at radius 1 is 1.39 bits per heavy atom. The first-order valence-electron chi connectivity index (χ1n) is 8.21. The van der Waals surface area contributed by atoms with Crippen LogP contribution in [0.4, 0.5) is 0 Å². The second kappa shape index (κ2) is 7.20. The van der Waals surface area contributed by atoms with Gasteiger partial charge in [-0.25, -0.2) is 4.98 Å². The van der Waals surface area contributed by atoms with E-state index in [1.807, 2.05) is 30.9 Å². The molecule has 1 aromatic carbocycles. The zero-order valence-corrected chi connectivity index (χ0v) is 15.2. The van der Waals surface area contributed by atoms with Crippen LogP contribution in [0.1, 0.15) is 32.6 Å². The molecule has 2 N–H and O–H groups in total. The molecule has 0 bridgehead atoms. The SMILES string of the molecule is C[C@@H](O)CNC1CCC(Oc2cc(Br)c3ncn(C)c3c2)CC1. The van der Waals surface area contributed by atoms with Crippen molar-refractivity contribution < 1.29 is 9.84 Å². The number of aryl methyl sites for hydroxylation is 1. The molecule has 1 aromatic heterocycles. The minimum absolute atomic E-state index is 0.261. The predicted octanol–water partition coefficient (Wildman–Crippen LogP) is 3.00. The lowest BCUT2D eigenvalue weighted by atomic mass is 9.93. The second-order valence-electron chi connectivity index (χ2n) is 6.48. The van der Waals surface area contributed by atoms with Crippen LogP contribution >= 0.6 is 15.9 Å². The summed E-state index contributed by atoms with van der Waals surface area (Å²) in [5.41, 5.74) is 2.03. The maximum atomic E-state index is 9.35. The van der Waals surface area contributed by atoms with E-state index in [0.717, 1.165) is 46.9 Å². The Kier molecular flexibility index (Phi) is 5.24. The van der Waals surface area contributed by atoms with Crippen molar-refractivity contribution in [2.45, 2.75) is 50.9 Å². The van der Waals surface area contributed by atoms with Gasteiger partial charge in [0, 0.05) is 30.2 Å². The molecule has 23 heavy (non-hydrogen) atoms. The Bertz CT molecular complexity index is 663. The maximum absolute atomic E-state index is 9.35. The molecular weight excluding hydrogens is 358 g/mol. The third kappa shape index (κ3) is 4.05. The summed E-state index contributed by atoms with van der Waals surface area (Å²) in [6.45, 7) is 2.48. The summed E-state index contributed by atoms with van der Waals surface area (Å²) >= 11 is 3.58. The van der Waals surface area contributed by atoms with Crippen molar-refractivity contribution >= 4 is 27.0 Å². The quantitative estimate of drug-likeness (QED) is 0.835. The van der Waals surface area contributed by atoms with Crippen molar-refractivity contribution in [3.8, 4) is 5.75 Å². The van der Waals surface area contributed by atoms with Gasteiger partial charge in [0.15, 0.2) is 0 Å². The van der Waals surface area contributed by atoms with E-state index < -0.39 is 0 Å². The number of aromatic nitrogens is 2. The number of imidazole rings is 1. The summed E-state index contributed by atoms with van der Waals surface area (Å²) in [7, 11) is 1.99. The van der Waals surface area contributed by atoms with Crippen LogP contribution in [-0.4, -0.2) is 39.5 Å². The number of hydrogen-bond donors (Lipinski definition) is 2. The average molecular weight is 382 g/mol. The van der Waals surface area contributed by atoms with Gasteiger partial charge in [0.1, 0.15) is 11.3 Å². The lowest BCUT2D eigenvalue weighted by molar-refractivity contribution is 0.131. The minimum Gasteiger partial charge on any atom is -0.490 e. The van der Waals surface area contributed by atoms with Crippen LogP contribution in [0, 0.1) is 0 Å². The molecule has 1 fully saturated rings. The van der Waals surface area contributed by atoms with E-state index in [9.17, 15) is 5.11 Å². The topological polar surface area (TPSA) is 59.3 Å². The smallest absolute Gasteiger partial charge is 0.123 e. The van der Waals surface area contributed by atoms with Crippen molar-refractivity contribution in [1.82, 2.24) is 14.9 Å². The van der Waals surface area contributed by atoms with Crippen LogP contribution in [-0.2, 0) is 7.05 Å². The van der Waals surface area contributed by atoms with Crippen LogP contribution < -0.4 is 10.1 Å². The molecule has 0 radical (unpaired) electrons. The van der Waals surface area contributed by atoms with Gasteiger partial charge in [0.25, 0.3) is 0 Å². The highest BCUT2D eigenvalue weighted by molar-refractivity contribution is 9.10. The summed E-state index contributed by atoms with van der Waals surface area (Å²) < 4.78 is 9.17. The highest BCUT2D eigenvalue weighted by atomic mass is 79.9. The third-order valence-corrected chi connectivity index (χ3v) is 5.04. The zero-order valence-electron chi connectivity index (χ0n) is 13.6. The van der Waals surface area contributed by atoms with E-state index in [2.05, 4.69) is 32.3 Å². The van der Waals surface area contributed by atoms with Gasteiger partial charge in [-0.1, -0.05) is 0 Å². The first-order chi connectivity index (χ1) is 11.0. The van der Waals surface area contributed by atoms with Gasteiger partial charge >= 0.3 is 0 Å². The van der Waals surface area contributed by atoms with Crippen LogP contribution in [0.5, 0.6) is 5.75 Å². The third-order valence-electron chi connectivity index (χ3n) is 4.44. The van der Waals surface area contributed by atoms with Crippen molar-refractivity contribution in [3.63, 3.8) is 0 Å². The molecule has 2 aromatic rings. The van der Waals surface area contributed by atoms with Gasteiger partial charge in [0.05, 0.1) is 24.1 Å². The van der Waals surface area contributed by atoms with Gasteiger partial charge in [0.2, 0.25) is 0 Å². The molecule has 1 atom stereocenters. The van der Waals surface area contributed by atoms with Gasteiger partial charge in [-0.05, 0) is 54.6 Å². The zero-order chi connectivity index (χ0) is 16.4. The highest BCUT2D eigenvalue weighted by Crippen LogP contribution is 2.31. The minimum atomic E-state index is -0.285. The molecule has 5 nitrogen and oxygen atoms in total. The standard InChI is InChI=1S/C17H24BrN3O2/c1-11(22)9-19-12-3-5-13(6-4-12)23-14-7-15(18)17-16(8-14)21(2)10-20-17/h7-8,10-13,19,22H,3-6,9H2,1-2H3/t11-,12?,13?/m1/s1. The molecule has 0 amide bonds. The number of benzene rings is 1. The van der Waals surface area contributed by atoms with Gasteiger partial charge < -0.3 is 19.7 Å². The first-order valence-corrected chi connectivity index (χ1v) is 9.01. The molecule has 0 saturated heterocycles. The number of hydrogen-bond acceptors (Lipinski definition) is 4. The largest absolute Gasteiger partial charge is 0.490 e. The number of ether oxygens (including phenoxy) is 1. The molecule has 0 unspecified atom stereocenters. The van der Waals surface area contributed by atoms with E-state index in [4.69, 9.17) is 4.74 Å². The van der Waals surface area contributed by atoms with Crippen LogP contribution in [0.25, 0.3) is 11.0 Å². The molecule has 0 spiro atoms. The molecule has 0 aliphatic heterocycles. The van der Waals surface area contributed by atoms with Crippen molar-refractivity contribution in [1.29, 1.82) is 0 Å². The lowest BCUT2D eigenvalue weighted by Gasteiger charge is -2.30. The lowest BCUT2D eigenvalue weighted by Crippen LogP contribution is -2.39. The van der Waals surface area contributed by atoms with E-state index >= 15 is 0 Å². The highest BCUT2D eigenvalue weighted by Gasteiger charge is 2.22. The second-order valence-corrected chi connectivity index (χ2v) is 7.33. The number of aliphatic hydroxyl groups is 1. The summed E-state index contributed by atoms with van der Waals surface area (Å²) in [6.07, 6.45) is 6.05. The van der Waals surface area contributed by atoms with E-state index in [1.165, 1.54) is 0 Å². The van der Waals surface area contributed by atoms with Crippen molar-refractivity contribution in [2.75, 3.05) is 6.54 Å². The fraction of sp³-hybridized carbons (Fsp3) is 0.588. The number of fused-ring (bicyclic) bond motifs is 1. The molecular formula is C17H24BrN3O2. The Morgan fingerprint density at radius 3 is 2.83 bits per heavy atom. The van der Waals surface area contributed by atoms with Gasteiger partial charge in [-0.2, -0.15) is 0 Å². The number of rotatable bonds is 5. The van der Waals surface area contributed by atoms with E-state index in [-0.39, 0.29) is 12.2 Å². The molecule has 1 aliphatic carbocycles. The van der Waals surface area contributed by atoms with Crippen LogP contribution in [0.2, 0.25) is 0 Å². The molecule has 6 heteroatoms. The van der Waals surface area contributed by atoms with Crippen molar-refractivity contribution in [2.24, 2.45) is 7.05 Å².